The van der Waals surface area contributed by atoms with E-state index >= 15 is 0 Å². The van der Waals surface area contributed by atoms with Gasteiger partial charge in [-0.2, -0.15) is 0 Å². The zero-order chi connectivity index (χ0) is 30.8. The minimum Gasteiger partial charge on any atom is -0.418 e. The summed E-state index contributed by atoms with van der Waals surface area (Å²) in [6.07, 6.45) is 9.19. The summed E-state index contributed by atoms with van der Waals surface area (Å²) in [6.45, 7) is 29.0. The van der Waals surface area contributed by atoms with E-state index in [0.29, 0.717) is 0 Å². The fourth-order valence-corrected chi connectivity index (χ4v) is 29.5. The van der Waals surface area contributed by atoms with Crippen molar-refractivity contribution in [3.8, 4) is 0 Å². The second-order valence-electron chi connectivity index (χ2n) is 12.9. The van der Waals surface area contributed by atoms with E-state index in [9.17, 15) is 0 Å². The molecular formula is C31H74O4Si5. The first kappa shape index (κ1) is 40.9. The van der Waals surface area contributed by atoms with Crippen LogP contribution in [-0.2, 0) is 16.8 Å². The van der Waals surface area contributed by atoms with E-state index in [2.05, 4.69) is 82.3 Å². The van der Waals surface area contributed by atoms with Crippen molar-refractivity contribution in [2.45, 2.75) is 194 Å². The van der Waals surface area contributed by atoms with Crippen molar-refractivity contribution in [1.82, 2.24) is 0 Å². The number of hydrogen-bond acceptors (Lipinski definition) is 4. The van der Waals surface area contributed by atoms with Gasteiger partial charge in [0.15, 0.2) is 33.3 Å². The zero-order valence-corrected chi connectivity index (χ0v) is 34.6. The van der Waals surface area contributed by atoms with E-state index < -0.39 is 42.1 Å². The van der Waals surface area contributed by atoms with Crippen molar-refractivity contribution >= 4 is 42.1 Å². The van der Waals surface area contributed by atoms with E-state index in [-0.39, 0.29) is 0 Å². The molecule has 0 aromatic heterocycles. The molecule has 0 radical (unpaired) electrons. The second kappa shape index (κ2) is 20.8. The molecule has 0 aromatic carbocycles. The van der Waals surface area contributed by atoms with Crippen LogP contribution in [-0.4, -0.2) is 48.7 Å². The van der Waals surface area contributed by atoms with Crippen molar-refractivity contribution < 1.29 is 16.8 Å². The Bertz CT molecular complexity index is 543. The fraction of sp³-hybridized carbons (Fsp3) is 1.00. The molecule has 40 heavy (non-hydrogen) atoms. The highest BCUT2D eigenvalue weighted by molar-refractivity contribution is 6.92. The summed E-state index contributed by atoms with van der Waals surface area (Å²) in [6, 6.07) is 12.9. The Hall–Kier alpha value is 0.924. The van der Waals surface area contributed by atoms with Gasteiger partial charge in [-0.1, -0.05) is 101 Å². The highest BCUT2D eigenvalue weighted by Crippen LogP contribution is 2.39. The normalized spacial score (nSPS) is 13.8. The van der Waals surface area contributed by atoms with E-state index in [0.717, 1.165) is 12.7 Å². The third-order valence-electron chi connectivity index (χ3n) is 10.2. The Labute approximate surface area is 258 Å². The molecule has 0 N–H and O–H groups in total. The van der Waals surface area contributed by atoms with Crippen LogP contribution in [0.25, 0.3) is 0 Å². The smallest absolute Gasteiger partial charge is 0.418 e. The third-order valence-corrected chi connectivity index (χ3v) is 34.3. The van der Waals surface area contributed by atoms with Gasteiger partial charge in [-0.3, -0.25) is 0 Å². The molecule has 0 heterocycles. The number of rotatable bonds is 27. The van der Waals surface area contributed by atoms with Gasteiger partial charge in [-0.25, -0.2) is 0 Å². The quantitative estimate of drug-likeness (QED) is 0.0654. The summed E-state index contributed by atoms with van der Waals surface area (Å²) >= 11 is 0. The summed E-state index contributed by atoms with van der Waals surface area (Å²) in [5.41, 5.74) is 0. The van der Waals surface area contributed by atoms with Crippen LogP contribution in [0.1, 0.15) is 114 Å². The first-order chi connectivity index (χ1) is 18.9. The van der Waals surface area contributed by atoms with Crippen LogP contribution in [0.4, 0.5) is 0 Å². The Kier molecular flexibility index (Phi) is 21.3. The molecule has 0 atom stereocenters. The maximum absolute atomic E-state index is 7.60. The fourth-order valence-electron chi connectivity index (χ4n) is 6.34. The van der Waals surface area contributed by atoms with Crippen molar-refractivity contribution in [2.24, 2.45) is 0 Å². The van der Waals surface area contributed by atoms with E-state index in [1.54, 1.807) is 0 Å². The lowest BCUT2D eigenvalue weighted by atomic mass is 10.1. The maximum atomic E-state index is 7.60. The average molecular weight is 651 g/mol. The molecule has 0 saturated heterocycles. The standard InChI is InChI=1S/C31H74O4Si5/c1-13-32-36(11,12)30-28-26-24-23-25-27-29-31-40(33-37(14-2,15-3)16-4,34-38(17-5,18-6)19-7)35-39(20-8,21-9)22-10/h13-31H2,1-12H3. The highest BCUT2D eigenvalue weighted by Gasteiger charge is 2.54. The molecule has 0 aliphatic rings. The second-order valence-corrected chi connectivity index (χ2v) is 35.0. The van der Waals surface area contributed by atoms with Gasteiger partial charge in [0, 0.05) is 12.7 Å². The molecule has 0 saturated carbocycles. The predicted octanol–water partition coefficient (Wildman–Crippen LogP) is 12.0. The van der Waals surface area contributed by atoms with Crippen LogP contribution in [0.15, 0.2) is 0 Å². The van der Waals surface area contributed by atoms with E-state index in [1.807, 2.05) is 0 Å². The Balaban J connectivity index is 5.75. The largest absolute Gasteiger partial charge is 0.469 e. The minimum absolute atomic E-state index is 0.871. The van der Waals surface area contributed by atoms with Gasteiger partial charge in [0.2, 0.25) is 0 Å². The molecule has 0 unspecified atom stereocenters. The molecule has 0 fully saturated rings. The van der Waals surface area contributed by atoms with Gasteiger partial charge in [0.1, 0.15) is 0 Å². The van der Waals surface area contributed by atoms with Crippen LogP contribution >= 0.6 is 0 Å². The lowest BCUT2D eigenvalue weighted by molar-refractivity contribution is 0.237. The van der Waals surface area contributed by atoms with Crippen molar-refractivity contribution in [2.75, 3.05) is 6.61 Å². The molecule has 0 aromatic rings. The topological polar surface area (TPSA) is 36.9 Å². The first-order valence-electron chi connectivity index (χ1n) is 17.7. The summed E-state index contributed by atoms with van der Waals surface area (Å²) in [4.78, 5) is 0. The number of hydrogen-bond donors (Lipinski definition) is 0. The van der Waals surface area contributed by atoms with Gasteiger partial charge >= 0.3 is 8.80 Å². The highest BCUT2D eigenvalue weighted by atomic mass is 28.5. The summed E-state index contributed by atoms with van der Waals surface area (Å²) in [5.74, 6) is 0. The van der Waals surface area contributed by atoms with Crippen molar-refractivity contribution in [3.63, 3.8) is 0 Å². The molecule has 9 heteroatoms. The molecular weight excluding hydrogens is 577 g/mol. The first-order valence-corrected chi connectivity index (χ1v) is 30.3. The Morgan fingerprint density at radius 3 is 0.925 bits per heavy atom. The summed E-state index contributed by atoms with van der Waals surface area (Å²) in [7, 11) is -9.92. The van der Waals surface area contributed by atoms with Gasteiger partial charge in [0.05, 0.1) is 0 Å². The lowest BCUT2D eigenvalue weighted by Crippen LogP contribution is -2.64. The van der Waals surface area contributed by atoms with Crippen LogP contribution in [0, 0.1) is 0 Å². The van der Waals surface area contributed by atoms with Gasteiger partial charge < -0.3 is 16.8 Å². The van der Waals surface area contributed by atoms with E-state index in [4.69, 9.17) is 16.8 Å². The zero-order valence-electron chi connectivity index (χ0n) is 29.6. The van der Waals surface area contributed by atoms with Crippen molar-refractivity contribution in [3.05, 3.63) is 0 Å². The summed E-state index contributed by atoms with van der Waals surface area (Å²) < 4.78 is 28.8. The molecule has 0 aliphatic heterocycles. The third kappa shape index (κ3) is 13.7. The van der Waals surface area contributed by atoms with Crippen LogP contribution in [0.5, 0.6) is 0 Å². The molecule has 0 bridgehead atoms. The van der Waals surface area contributed by atoms with Gasteiger partial charge in [0.25, 0.3) is 0 Å². The lowest BCUT2D eigenvalue weighted by Gasteiger charge is -2.48. The average Bonchev–Trinajstić information content (AvgIpc) is 2.97. The summed E-state index contributed by atoms with van der Waals surface area (Å²) in [5, 5.41) is 0. The molecule has 0 amide bonds. The van der Waals surface area contributed by atoms with Crippen LogP contribution < -0.4 is 0 Å². The van der Waals surface area contributed by atoms with Gasteiger partial charge in [-0.15, -0.1) is 0 Å². The molecule has 0 aliphatic carbocycles. The van der Waals surface area contributed by atoms with Crippen LogP contribution in [0.3, 0.4) is 0 Å². The Morgan fingerprint density at radius 1 is 0.375 bits per heavy atom. The van der Waals surface area contributed by atoms with Crippen molar-refractivity contribution in [1.29, 1.82) is 0 Å². The monoisotopic (exact) mass is 650 g/mol. The molecule has 0 rings (SSSR count). The maximum Gasteiger partial charge on any atom is 0.469 e. The molecule has 4 nitrogen and oxygen atoms in total. The number of unbranched alkanes of at least 4 members (excludes halogenated alkanes) is 6. The van der Waals surface area contributed by atoms with E-state index in [1.165, 1.54) is 105 Å². The molecule has 242 valence electrons. The SMILES string of the molecule is CCO[Si](C)(C)CCCCCCCCC[Si](O[Si](CC)(CC)CC)(O[Si](CC)(CC)CC)O[Si](CC)(CC)CC. The predicted molar refractivity (Wildman–Crippen MR) is 192 cm³/mol. The Morgan fingerprint density at radius 2 is 0.650 bits per heavy atom. The van der Waals surface area contributed by atoms with Crippen LogP contribution in [0.2, 0.25) is 79.6 Å². The molecule has 0 spiro atoms. The minimum atomic E-state index is -2.82. The van der Waals surface area contributed by atoms with Gasteiger partial charge in [-0.05, 0) is 86.9 Å².